The van der Waals surface area contributed by atoms with Gasteiger partial charge in [0.05, 0.1) is 11.6 Å². The number of fused-ring (bicyclic) bond motifs is 1. The SMILES string of the molecule is CC(N)c1cc(-c2ccc3ncccc3c2)no1. The Morgan fingerprint density at radius 3 is 2.89 bits per heavy atom. The highest BCUT2D eigenvalue weighted by Crippen LogP contribution is 2.24. The number of rotatable bonds is 2. The minimum atomic E-state index is -0.145. The lowest BCUT2D eigenvalue weighted by molar-refractivity contribution is 0.369. The van der Waals surface area contributed by atoms with E-state index in [9.17, 15) is 0 Å². The smallest absolute Gasteiger partial charge is 0.153 e. The lowest BCUT2D eigenvalue weighted by Crippen LogP contribution is -2.02. The van der Waals surface area contributed by atoms with Crippen molar-refractivity contribution in [3.05, 3.63) is 48.4 Å². The molecule has 0 aliphatic heterocycles. The molecule has 0 saturated heterocycles. The monoisotopic (exact) mass is 239 g/mol. The van der Waals surface area contributed by atoms with Crippen LogP contribution in [-0.4, -0.2) is 10.1 Å². The molecule has 3 aromatic rings. The molecule has 18 heavy (non-hydrogen) atoms. The molecule has 4 nitrogen and oxygen atoms in total. The highest BCUT2D eigenvalue weighted by Gasteiger charge is 2.10. The molecule has 4 heteroatoms. The van der Waals surface area contributed by atoms with Gasteiger partial charge in [0.1, 0.15) is 5.69 Å². The van der Waals surface area contributed by atoms with Crippen molar-refractivity contribution in [1.82, 2.24) is 10.1 Å². The second-order valence-corrected chi connectivity index (χ2v) is 4.31. The van der Waals surface area contributed by atoms with E-state index in [0.29, 0.717) is 5.76 Å². The molecular weight excluding hydrogens is 226 g/mol. The van der Waals surface area contributed by atoms with Gasteiger partial charge in [0.2, 0.25) is 0 Å². The average Bonchev–Trinajstić information content (AvgIpc) is 2.88. The first-order valence-corrected chi connectivity index (χ1v) is 5.81. The third-order valence-corrected chi connectivity index (χ3v) is 2.88. The van der Waals surface area contributed by atoms with Gasteiger partial charge in [0.15, 0.2) is 5.76 Å². The highest BCUT2D eigenvalue weighted by molar-refractivity contribution is 5.83. The van der Waals surface area contributed by atoms with E-state index >= 15 is 0 Å². The van der Waals surface area contributed by atoms with Gasteiger partial charge in [-0.3, -0.25) is 4.98 Å². The number of hydrogen-bond donors (Lipinski definition) is 1. The maximum atomic E-state index is 5.75. The number of benzene rings is 1. The third kappa shape index (κ3) is 1.87. The molecule has 1 unspecified atom stereocenters. The van der Waals surface area contributed by atoms with Crippen LogP contribution in [0.1, 0.15) is 18.7 Å². The van der Waals surface area contributed by atoms with E-state index in [0.717, 1.165) is 22.2 Å². The van der Waals surface area contributed by atoms with E-state index in [1.54, 1.807) is 6.20 Å². The number of hydrogen-bond acceptors (Lipinski definition) is 4. The fourth-order valence-electron chi connectivity index (χ4n) is 1.87. The van der Waals surface area contributed by atoms with Gasteiger partial charge in [0, 0.05) is 23.2 Å². The first kappa shape index (κ1) is 10.9. The summed E-state index contributed by atoms with van der Waals surface area (Å²) in [6, 6.07) is 11.7. The summed E-state index contributed by atoms with van der Waals surface area (Å²) in [5.41, 5.74) is 8.53. The Bertz CT molecular complexity index is 688. The summed E-state index contributed by atoms with van der Waals surface area (Å²) < 4.78 is 5.20. The van der Waals surface area contributed by atoms with Gasteiger partial charge in [-0.15, -0.1) is 0 Å². The fraction of sp³-hybridized carbons (Fsp3) is 0.143. The maximum absolute atomic E-state index is 5.75. The molecule has 2 N–H and O–H groups in total. The summed E-state index contributed by atoms with van der Waals surface area (Å²) in [7, 11) is 0. The van der Waals surface area contributed by atoms with Gasteiger partial charge in [-0.05, 0) is 25.1 Å². The molecule has 0 amide bonds. The molecule has 0 saturated carbocycles. The second-order valence-electron chi connectivity index (χ2n) is 4.31. The fourth-order valence-corrected chi connectivity index (χ4v) is 1.87. The first-order valence-electron chi connectivity index (χ1n) is 5.81. The average molecular weight is 239 g/mol. The standard InChI is InChI=1S/C14H13N3O/c1-9(15)14-8-13(17-18-14)11-4-5-12-10(7-11)3-2-6-16-12/h2-9H,15H2,1H3. The maximum Gasteiger partial charge on any atom is 0.153 e. The number of aromatic nitrogens is 2. The highest BCUT2D eigenvalue weighted by atomic mass is 16.5. The van der Waals surface area contributed by atoms with Crippen LogP contribution in [-0.2, 0) is 0 Å². The van der Waals surface area contributed by atoms with Crippen LogP contribution in [0.3, 0.4) is 0 Å². The van der Waals surface area contributed by atoms with E-state index in [2.05, 4.69) is 10.1 Å². The molecule has 0 aliphatic rings. The van der Waals surface area contributed by atoms with Gasteiger partial charge in [-0.1, -0.05) is 17.3 Å². The van der Waals surface area contributed by atoms with Crippen molar-refractivity contribution < 1.29 is 4.52 Å². The minimum absolute atomic E-state index is 0.145. The van der Waals surface area contributed by atoms with Crippen LogP contribution in [0.2, 0.25) is 0 Å². The Kier molecular flexibility index (Phi) is 2.57. The van der Waals surface area contributed by atoms with Crippen molar-refractivity contribution in [3.63, 3.8) is 0 Å². The molecule has 1 aromatic carbocycles. The zero-order chi connectivity index (χ0) is 12.5. The number of nitrogens with zero attached hydrogens (tertiary/aromatic N) is 2. The van der Waals surface area contributed by atoms with Gasteiger partial charge >= 0.3 is 0 Å². The van der Waals surface area contributed by atoms with Crippen LogP contribution >= 0.6 is 0 Å². The van der Waals surface area contributed by atoms with E-state index in [-0.39, 0.29) is 6.04 Å². The molecule has 2 aromatic heterocycles. The lowest BCUT2D eigenvalue weighted by Gasteiger charge is -1.99. The third-order valence-electron chi connectivity index (χ3n) is 2.88. The van der Waals surface area contributed by atoms with Gasteiger partial charge in [-0.2, -0.15) is 0 Å². The first-order chi connectivity index (χ1) is 8.74. The summed E-state index contributed by atoms with van der Waals surface area (Å²) in [5, 5.41) is 5.12. The molecule has 0 fully saturated rings. The Morgan fingerprint density at radius 2 is 2.11 bits per heavy atom. The Balaban J connectivity index is 2.07. The van der Waals surface area contributed by atoms with E-state index in [4.69, 9.17) is 10.3 Å². The molecule has 0 bridgehead atoms. The van der Waals surface area contributed by atoms with Crippen LogP contribution in [0, 0.1) is 0 Å². The van der Waals surface area contributed by atoms with Crippen molar-refractivity contribution in [1.29, 1.82) is 0 Å². The van der Waals surface area contributed by atoms with Crippen molar-refractivity contribution in [2.24, 2.45) is 5.73 Å². The van der Waals surface area contributed by atoms with Crippen LogP contribution < -0.4 is 5.73 Å². The summed E-state index contributed by atoms with van der Waals surface area (Å²) in [6.07, 6.45) is 1.78. The summed E-state index contributed by atoms with van der Waals surface area (Å²) in [4.78, 5) is 4.29. The van der Waals surface area contributed by atoms with E-state index in [1.165, 1.54) is 0 Å². The Morgan fingerprint density at radius 1 is 1.22 bits per heavy atom. The molecule has 2 heterocycles. The van der Waals surface area contributed by atoms with E-state index in [1.807, 2.05) is 43.3 Å². The van der Waals surface area contributed by atoms with Crippen LogP contribution in [0.4, 0.5) is 0 Å². The second kappa shape index (κ2) is 4.23. The zero-order valence-electron chi connectivity index (χ0n) is 10.00. The normalized spacial score (nSPS) is 12.8. The minimum Gasteiger partial charge on any atom is -0.359 e. The van der Waals surface area contributed by atoms with Gasteiger partial charge < -0.3 is 10.3 Å². The lowest BCUT2D eigenvalue weighted by atomic mass is 10.1. The summed E-state index contributed by atoms with van der Waals surface area (Å²) in [5.74, 6) is 0.691. The van der Waals surface area contributed by atoms with Crippen molar-refractivity contribution in [2.45, 2.75) is 13.0 Å². The van der Waals surface area contributed by atoms with Gasteiger partial charge in [0.25, 0.3) is 0 Å². The molecule has 0 radical (unpaired) electrons. The molecule has 3 rings (SSSR count). The summed E-state index contributed by atoms with van der Waals surface area (Å²) >= 11 is 0. The Hall–Kier alpha value is -2.20. The van der Waals surface area contributed by atoms with Gasteiger partial charge in [-0.25, -0.2) is 0 Å². The number of pyridine rings is 1. The molecule has 0 aliphatic carbocycles. The van der Waals surface area contributed by atoms with Crippen molar-refractivity contribution in [2.75, 3.05) is 0 Å². The Labute approximate surface area is 104 Å². The van der Waals surface area contributed by atoms with E-state index < -0.39 is 0 Å². The zero-order valence-corrected chi connectivity index (χ0v) is 10.00. The predicted octanol–water partition coefficient (Wildman–Crippen LogP) is 2.91. The summed E-state index contributed by atoms with van der Waals surface area (Å²) in [6.45, 7) is 1.87. The molecule has 1 atom stereocenters. The molecule has 90 valence electrons. The molecule has 0 spiro atoms. The number of nitrogens with two attached hydrogens (primary N) is 1. The van der Waals surface area contributed by atoms with Crippen molar-refractivity contribution in [3.8, 4) is 11.3 Å². The predicted molar refractivity (Wildman–Crippen MR) is 69.8 cm³/mol. The van der Waals surface area contributed by atoms with Crippen LogP contribution in [0.5, 0.6) is 0 Å². The quantitative estimate of drug-likeness (QED) is 0.746. The van der Waals surface area contributed by atoms with Crippen LogP contribution in [0.15, 0.2) is 47.1 Å². The van der Waals surface area contributed by atoms with Crippen LogP contribution in [0.25, 0.3) is 22.2 Å². The molecular formula is C14H13N3O. The largest absolute Gasteiger partial charge is 0.359 e. The topological polar surface area (TPSA) is 64.9 Å². The van der Waals surface area contributed by atoms with Crippen molar-refractivity contribution >= 4 is 10.9 Å².